The number of nitrogens with one attached hydrogen (secondary N) is 1. The highest BCUT2D eigenvalue weighted by atomic mass is 32.1. The van der Waals surface area contributed by atoms with E-state index in [1.807, 2.05) is 6.92 Å². The summed E-state index contributed by atoms with van der Waals surface area (Å²) in [6, 6.07) is 6.30. The number of carbonyl (C=O) groups excluding carboxylic acids is 2. The van der Waals surface area contributed by atoms with E-state index >= 15 is 0 Å². The summed E-state index contributed by atoms with van der Waals surface area (Å²) in [6.07, 6.45) is 2.72. The lowest BCUT2D eigenvalue weighted by Gasteiger charge is -2.12. The van der Waals surface area contributed by atoms with Crippen LogP contribution in [0.2, 0.25) is 0 Å². The van der Waals surface area contributed by atoms with E-state index in [4.69, 9.17) is 4.74 Å². The molecule has 10 nitrogen and oxygen atoms in total. The molecule has 1 N–H and O–H groups in total. The van der Waals surface area contributed by atoms with Crippen molar-refractivity contribution in [3.8, 4) is 0 Å². The lowest BCUT2D eigenvalue weighted by Crippen LogP contribution is -2.41. The van der Waals surface area contributed by atoms with E-state index in [2.05, 4.69) is 15.2 Å². The molecule has 3 heterocycles. The van der Waals surface area contributed by atoms with Crippen molar-refractivity contribution in [3.63, 3.8) is 0 Å². The minimum absolute atomic E-state index is 0.238. The van der Waals surface area contributed by atoms with E-state index in [0.717, 1.165) is 25.9 Å². The van der Waals surface area contributed by atoms with Gasteiger partial charge in [0, 0.05) is 25.3 Å². The first-order valence-corrected chi connectivity index (χ1v) is 12.2. The van der Waals surface area contributed by atoms with Crippen LogP contribution >= 0.6 is 11.3 Å². The van der Waals surface area contributed by atoms with Gasteiger partial charge in [-0.25, -0.2) is 14.6 Å². The fourth-order valence-corrected chi connectivity index (χ4v) is 5.00. The third kappa shape index (κ3) is 4.74. The molecule has 0 radical (unpaired) electrons. The molecular weight excluding hydrogens is 458 g/mol. The van der Waals surface area contributed by atoms with Gasteiger partial charge in [0.05, 0.1) is 12.2 Å². The van der Waals surface area contributed by atoms with Gasteiger partial charge in [-0.05, 0) is 50.5 Å². The number of ether oxygens (including phenoxy) is 1. The van der Waals surface area contributed by atoms with Gasteiger partial charge in [0.1, 0.15) is 11.2 Å². The van der Waals surface area contributed by atoms with Gasteiger partial charge in [0.15, 0.2) is 10.8 Å². The maximum absolute atomic E-state index is 13.1. The number of amides is 1. The van der Waals surface area contributed by atoms with Crippen molar-refractivity contribution in [2.75, 3.05) is 29.9 Å². The zero-order valence-electron chi connectivity index (χ0n) is 19.2. The zero-order valence-corrected chi connectivity index (χ0v) is 20.0. The molecular formula is C23H27N5O5S. The average Bonchev–Trinajstić information content (AvgIpc) is 3.50. The molecule has 34 heavy (non-hydrogen) atoms. The first-order chi connectivity index (χ1) is 16.4. The summed E-state index contributed by atoms with van der Waals surface area (Å²) in [4.78, 5) is 57.5. The number of fused-ring (bicyclic) bond motifs is 1. The van der Waals surface area contributed by atoms with Gasteiger partial charge in [-0.15, -0.1) is 0 Å². The number of esters is 1. The highest BCUT2D eigenvalue weighted by molar-refractivity contribution is 7.22. The fraction of sp³-hybridized carbons (Fsp3) is 0.435. The van der Waals surface area contributed by atoms with E-state index in [0.29, 0.717) is 27.5 Å². The molecule has 3 aromatic rings. The van der Waals surface area contributed by atoms with Crippen LogP contribution in [0.15, 0.2) is 33.9 Å². The van der Waals surface area contributed by atoms with Crippen LogP contribution in [0, 0.1) is 0 Å². The van der Waals surface area contributed by atoms with E-state index in [-0.39, 0.29) is 30.9 Å². The van der Waals surface area contributed by atoms with Gasteiger partial charge in [0.25, 0.3) is 5.56 Å². The van der Waals surface area contributed by atoms with Gasteiger partial charge in [-0.1, -0.05) is 18.3 Å². The van der Waals surface area contributed by atoms with Crippen molar-refractivity contribution in [1.82, 2.24) is 14.1 Å². The van der Waals surface area contributed by atoms with Crippen LogP contribution in [0.4, 0.5) is 10.8 Å². The minimum atomic E-state index is -0.551. The molecule has 1 amide bonds. The molecule has 0 spiro atoms. The van der Waals surface area contributed by atoms with Gasteiger partial charge >= 0.3 is 11.7 Å². The summed E-state index contributed by atoms with van der Waals surface area (Å²) in [6.45, 7) is 5.58. The van der Waals surface area contributed by atoms with Crippen LogP contribution < -0.4 is 21.5 Å². The largest absolute Gasteiger partial charge is 0.462 e. The fourth-order valence-electron chi connectivity index (χ4n) is 3.92. The first-order valence-electron chi connectivity index (χ1n) is 11.4. The molecule has 1 saturated heterocycles. The molecule has 11 heteroatoms. The molecule has 0 saturated carbocycles. The van der Waals surface area contributed by atoms with E-state index in [1.165, 1.54) is 20.5 Å². The topological polar surface area (TPSA) is 116 Å². The Balaban J connectivity index is 1.63. The molecule has 0 unspecified atom stereocenters. The second-order valence-corrected chi connectivity index (χ2v) is 8.99. The second kappa shape index (κ2) is 10.2. The van der Waals surface area contributed by atoms with Crippen LogP contribution in [0.5, 0.6) is 0 Å². The van der Waals surface area contributed by atoms with Crippen molar-refractivity contribution in [1.29, 1.82) is 0 Å². The predicted molar refractivity (Wildman–Crippen MR) is 131 cm³/mol. The standard InChI is InChI=1S/C23H27N5O5S/c1-3-11-27-20(30)18-19(25-22(34-18)26-12-5-6-13-26)28(23(27)32)14-17(29)24-16-9-7-15(8-10-16)21(31)33-4-2/h7-10H,3-6,11-14H2,1-2H3,(H,24,29). The quantitative estimate of drug-likeness (QED) is 0.487. The third-order valence-corrected chi connectivity index (χ3v) is 6.65. The van der Waals surface area contributed by atoms with E-state index in [1.54, 1.807) is 31.2 Å². The second-order valence-electron chi connectivity index (χ2n) is 8.01. The van der Waals surface area contributed by atoms with Gasteiger partial charge in [0.2, 0.25) is 5.91 Å². The van der Waals surface area contributed by atoms with Crippen molar-refractivity contribution in [3.05, 3.63) is 50.7 Å². The first kappa shape index (κ1) is 23.7. The lowest BCUT2D eigenvalue weighted by molar-refractivity contribution is -0.116. The Hall–Kier alpha value is -3.47. The number of rotatable bonds is 8. The summed E-state index contributed by atoms with van der Waals surface area (Å²) in [5.41, 5.74) is 0.171. The third-order valence-electron chi connectivity index (χ3n) is 5.56. The smallest absolute Gasteiger partial charge is 0.338 e. The number of nitrogens with zero attached hydrogens (tertiary/aromatic N) is 4. The van der Waals surface area contributed by atoms with Crippen LogP contribution in [-0.2, 0) is 22.6 Å². The van der Waals surface area contributed by atoms with Gasteiger partial charge < -0.3 is 15.0 Å². The monoisotopic (exact) mass is 485 g/mol. The molecule has 1 fully saturated rings. The predicted octanol–water partition coefficient (Wildman–Crippen LogP) is 2.45. The number of hydrogen-bond donors (Lipinski definition) is 1. The number of hydrogen-bond acceptors (Lipinski definition) is 8. The number of aromatic nitrogens is 3. The van der Waals surface area contributed by atoms with Crippen LogP contribution in [-0.4, -0.2) is 45.7 Å². The van der Waals surface area contributed by atoms with Crippen molar-refractivity contribution >= 4 is 44.4 Å². The Labute approximate surface area is 199 Å². The summed E-state index contributed by atoms with van der Waals surface area (Å²) < 4.78 is 7.78. The SMILES string of the molecule is CCCn1c(=O)c2sc(N3CCCC3)nc2n(CC(=O)Nc2ccc(C(=O)OCC)cc2)c1=O. The zero-order chi connectivity index (χ0) is 24.2. The molecule has 2 aromatic heterocycles. The molecule has 1 aliphatic heterocycles. The summed E-state index contributed by atoms with van der Waals surface area (Å²) in [7, 11) is 0. The van der Waals surface area contributed by atoms with Gasteiger partial charge in [-0.3, -0.25) is 18.7 Å². The summed E-state index contributed by atoms with van der Waals surface area (Å²) >= 11 is 1.27. The highest BCUT2D eigenvalue weighted by Gasteiger charge is 2.23. The van der Waals surface area contributed by atoms with E-state index in [9.17, 15) is 19.2 Å². The van der Waals surface area contributed by atoms with Crippen molar-refractivity contribution < 1.29 is 14.3 Å². The van der Waals surface area contributed by atoms with Crippen molar-refractivity contribution in [2.45, 2.75) is 46.2 Å². The normalized spacial score (nSPS) is 13.4. The Morgan fingerprint density at radius 3 is 2.44 bits per heavy atom. The number of carbonyl (C=O) groups is 2. The molecule has 1 aliphatic rings. The Kier molecular flexibility index (Phi) is 7.11. The molecule has 180 valence electrons. The lowest BCUT2D eigenvalue weighted by atomic mass is 10.2. The van der Waals surface area contributed by atoms with Crippen molar-refractivity contribution in [2.24, 2.45) is 0 Å². The molecule has 0 bridgehead atoms. The van der Waals surface area contributed by atoms with E-state index < -0.39 is 17.6 Å². The van der Waals surface area contributed by atoms with Crippen LogP contribution in [0.3, 0.4) is 0 Å². The molecule has 1 aromatic carbocycles. The highest BCUT2D eigenvalue weighted by Crippen LogP contribution is 2.28. The molecule has 4 rings (SSSR count). The summed E-state index contributed by atoms with van der Waals surface area (Å²) in [5, 5.41) is 3.43. The summed E-state index contributed by atoms with van der Waals surface area (Å²) in [5.74, 6) is -0.880. The number of benzene rings is 1. The number of thiazole rings is 1. The minimum Gasteiger partial charge on any atom is -0.462 e. The number of anilines is 2. The van der Waals surface area contributed by atoms with Crippen LogP contribution in [0.1, 0.15) is 43.5 Å². The Morgan fingerprint density at radius 1 is 1.09 bits per heavy atom. The average molecular weight is 486 g/mol. The molecule has 0 atom stereocenters. The maximum atomic E-state index is 13.1. The molecule has 0 aliphatic carbocycles. The Morgan fingerprint density at radius 2 is 1.79 bits per heavy atom. The van der Waals surface area contributed by atoms with Crippen LogP contribution in [0.25, 0.3) is 10.3 Å². The Bertz CT molecular complexity index is 1320. The van der Waals surface area contributed by atoms with Gasteiger partial charge in [-0.2, -0.15) is 0 Å². The maximum Gasteiger partial charge on any atom is 0.338 e.